The molecule has 1 aromatic carbocycles. The first-order valence-corrected chi connectivity index (χ1v) is 5.84. The second-order valence-corrected chi connectivity index (χ2v) is 4.19. The van der Waals surface area contributed by atoms with E-state index < -0.39 is 0 Å². The predicted molar refractivity (Wildman–Crippen MR) is 74.6 cm³/mol. The van der Waals surface area contributed by atoms with E-state index in [4.69, 9.17) is 22.1 Å². The van der Waals surface area contributed by atoms with Gasteiger partial charge in [0.1, 0.15) is 11.4 Å². The van der Waals surface area contributed by atoms with Crippen LogP contribution < -0.4 is 15.8 Å². The van der Waals surface area contributed by atoms with Crippen LogP contribution in [-0.4, -0.2) is 18.0 Å². The van der Waals surface area contributed by atoms with E-state index in [1.165, 1.54) is 19.4 Å². The summed E-state index contributed by atoms with van der Waals surface area (Å²) in [5.74, 6) is 0.136. The van der Waals surface area contributed by atoms with E-state index in [-0.39, 0.29) is 11.6 Å². The zero-order valence-electron chi connectivity index (χ0n) is 10.2. The number of halogens is 1. The van der Waals surface area contributed by atoms with Gasteiger partial charge in [-0.15, -0.1) is 0 Å². The van der Waals surface area contributed by atoms with Gasteiger partial charge in [-0.2, -0.15) is 0 Å². The Morgan fingerprint density at radius 3 is 2.84 bits per heavy atom. The van der Waals surface area contributed by atoms with Crippen molar-refractivity contribution in [2.75, 3.05) is 18.2 Å². The van der Waals surface area contributed by atoms with Crippen molar-refractivity contribution in [3.8, 4) is 5.75 Å². The summed E-state index contributed by atoms with van der Waals surface area (Å²) >= 11 is 5.90. The van der Waals surface area contributed by atoms with Crippen molar-refractivity contribution in [2.24, 2.45) is 0 Å². The number of aromatic nitrogens is 1. The van der Waals surface area contributed by atoms with Crippen LogP contribution in [-0.2, 0) is 0 Å². The predicted octanol–water partition coefficient (Wildman–Crippen LogP) is 2.58. The molecule has 6 heteroatoms. The Morgan fingerprint density at radius 1 is 1.37 bits per heavy atom. The van der Waals surface area contributed by atoms with Crippen molar-refractivity contribution < 1.29 is 9.53 Å². The molecule has 0 fully saturated rings. The Hall–Kier alpha value is -2.27. The van der Waals surface area contributed by atoms with E-state index in [1.807, 2.05) is 0 Å². The van der Waals surface area contributed by atoms with Gasteiger partial charge in [0.25, 0.3) is 5.91 Å². The van der Waals surface area contributed by atoms with E-state index >= 15 is 0 Å². The van der Waals surface area contributed by atoms with Crippen molar-refractivity contribution in [3.05, 3.63) is 47.2 Å². The van der Waals surface area contributed by atoms with Crippen LogP contribution in [0.3, 0.4) is 0 Å². The maximum absolute atomic E-state index is 11.9. The summed E-state index contributed by atoms with van der Waals surface area (Å²) in [5, 5.41) is 3.17. The largest absolute Gasteiger partial charge is 0.495 e. The Labute approximate surface area is 115 Å². The molecule has 19 heavy (non-hydrogen) atoms. The molecule has 1 aromatic heterocycles. The monoisotopic (exact) mass is 277 g/mol. The minimum Gasteiger partial charge on any atom is -0.495 e. The maximum Gasteiger partial charge on any atom is 0.274 e. The molecular formula is C13H12ClN3O2. The average Bonchev–Trinajstić information content (AvgIpc) is 2.41. The first-order valence-electron chi connectivity index (χ1n) is 5.46. The lowest BCUT2D eigenvalue weighted by molar-refractivity contribution is 0.102. The van der Waals surface area contributed by atoms with Crippen molar-refractivity contribution in [1.29, 1.82) is 0 Å². The highest BCUT2D eigenvalue weighted by atomic mass is 35.5. The summed E-state index contributed by atoms with van der Waals surface area (Å²) in [6.45, 7) is 0. The summed E-state index contributed by atoms with van der Waals surface area (Å²) in [6, 6.07) is 8.06. The highest BCUT2D eigenvalue weighted by Crippen LogP contribution is 2.27. The molecule has 98 valence electrons. The topological polar surface area (TPSA) is 77.2 Å². The lowest BCUT2D eigenvalue weighted by Gasteiger charge is -2.08. The standard InChI is InChI=1S/C13H12ClN3O2/c1-19-12-7-9(2-3-10(12)14)17-13(18)11-6-8(15)4-5-16-11/h2-7H,1H3,(H2,15,16)(H,17,18). The second kappa shape index (κ2) is 5.58. The highest BCUT2D eigenvalue weighted by molar-refractivity contribution is 6.32. The van der Waals surface area contributed by atoms with Gasteiger partial charge in [-0.05, 0) is 24.3 Å². The van der Waals surface area contributed by atoms with E-state index in [1.54, 1.807) is 24.3 Å². The molecule has 0 spiro atoms. The highest BCUT2D eigenvalue weighted by Gasteiger charge is 2.09. The normalized spacial score (nSPS) is 10.0. The molecule has 0 aliphatic carbocycles. The lowest BCUT2D eigenvalue weighted by Crippen LogP contribution is -2.13. The van der Waals surface area contributed by atoms with E-state index in [9.17, 15) is 4.79 Å². The number of nitrogens with one attached hydrogen (secondary N) is 1. The number of rotatable bonds is 3. The van der Waals surface area contributed by atoms with Gasteiger partial charge in [0.2, 0.25) is 0 Å². The summed E-state index contributed by atoms with van der Waals surface area (Å²) in [7, 11) is 1.51. The fourth-order valence-corrected chi connectivity index (χ4v) is 1.70. The van der Waals surface area contributed by atoms with Crippen molar-refractivity contribution >= 4 is 28.9 Å². The first kappa shape index (κ1) is 13.2. The van der Waals surface area contributed by atoms with Crippen LogP contribution in [0.4, 0.5) is 11.4 Å². The van der Waals surface area contributed by atoms with Crippen LogP contribution in [0.5, 0.6) is 5.75 Å². The number of ether oxygens (including phenoxy) is 1. The number of hydrogen-bond donors (Lipinski definition) is 2. The molecule has 0 aliphatic heterocycles. The molecule has 0 radical (unpaired) electrons. The van der Waals surface area contributed by atoms with Crippen LogP contribution in [0.15, 0.2) is 36.5 Å². The van der Waals surface area contributed by atoms with Crippen molar-refractivity contribution in [2.45, 2.75) is 0 Å². The molecule has 3 N–H and O–H groups in total. The summed E-state index contributed by atoms with van der Waals surface area (Å²) in [6.07, 6.45) is 1.48. The van der Waals surface area contributed by atoms with E-state index in [2.05, 4.69) is 10.3 Å². The molecule has 0 saturated heterocycles. The van der Waals surface area contributed by atoms with Crippen LogP contribution in [0.25, 0.3) is 0 Å². The minimum absolute atomic E-state index is 0.244. The van der Waals surface area contributed by atoms with Gasteiger partial charge in [-0.1, -0.05) is 11.6 Å². The number of methoxy groups -OCH3 is 1. The Morgan fingerprint density at radius 2 is 2.16 bits per heavy atom. The number of benzene rings is 1. The molecule has 1 amide bonds. The van der Waals surface area contributed by atoms with Crippen molar-refractivity contribution in [3.63, 3.8) is 0 Å². The van der Waals surface area contributed by atoms with Crippen LogP contribution >= 0.6 is 11.6 Å². The van der Waals surface area contributed by atoms with Gasteiger partial charge in [-0.25, -0.2) is 0 Å². The van der Waals surface area contributed by atoms with Gasteiger partial charge in [-0.3, -0.25) is 9.78 Å². The summed E-state index contributed by atoms with van der Waals surface area (Å²) < 4.78 is 5.07. The third kappa shape index (κ3) is 3.14. The average molecular weight is 278 g/mol. The van der Waals surface area contributed by atoms with E-state index in [0.29, 0.717) is 22.1 Å². The van der Waals surface area contributed by atoms with Gasteiger partial charge < -0.3 is 15.8 Å². The van der Waals surface area contributed by atoms with Gasteiger partial charge in [0, 0.05) is 23.6 Å². The Bertz CT molecular complexity index is 617. The molecule has 5 nitrogen and oxygen atoms in total. The van der Waals surface area contributed by atoms with E-state index in [0.717, 1.165) is 0 Å². The zero-order chi connectivity index (χ0) is 13.8. The summed E-state index contributed by atoms with van der Waals surface area (Å²) in [5.41, 5.74) is 6.89. The molecule has 0 bridgehead atoms. The third-order valence-corrected chi connectivity index (χ3v) is 2.74. The molecular weight excluding hydrogens is 266 g/mol. The Kier molecular flexibility index (Phi) is 3.87. The maximum atomic E-state index is 11.9. The number of carbonyl (C=O) groups is 1. The minimum atomic E-state index is -0.350. The Balaban J connectivity index is 2.19. The quantitative estimate of drug-likeness (QED) is 0.904. The molecule has 2 aromatic rings. The molecule has 2 rings (SSSR count). The van der Waals surface area contributed by atoms with Crippen LogP contribution in [0.2, 0.25) is 5.02 Å². The van der Waals surface area contributed by atoms with Crippen molar-refractivity contribution in [1.82, 2.24) is 4.98 Å². The fourth-order valence-electron chi connectivity index (χ4n) is 1.50. The molecule has 1 heterocycles. The number of amides is 1. The number of hydrogen-bond acceptors (Lipinski definition) is 4. The first-order chi connectivity index (χ1) is 9.10. The number of anilines is 2. The molecule has 0 aliphatic rings. The van der Waals surface area contributed by atoms with Gasteiger partial charge >= 0.3 is 0 Å². The van der Waals surface area contributed by atoms with Crippen LogP contribution in [0.1, 0.15) is 10.5 Å². The molecule has 0 atom stereocenters. The van der Waals surface area contributed by atoms with Crippen LogP contribution in [0, 0.1) is 0 Å². The zero-order valence-corrected chi connectivity index (χ0v) is 10.9. The number of nitrogens with two attached hydrogens (primary N) is 1. The number of carbonyl (C=O) groups excluding carboxylic acids is 1. The SMILES string of the molecule is COc1cc(NC(=O)c2cc(N)ccn2)ccc1Cl. The fraction of sp³-hybridized carbons (Fsp3) is 0.0769. The summed E-state index contributed by atoms with van der Waals surface area (Å²) in [4.78, 5) is 15.9. The smallest absolute Gasteiger partial charge is 0.274 e. The van der Waals surface area contributed by atoms with Gasteiger partial charge in [0.05, 0.1) is 12.1 Å². The second-order valence-electron chi connectivity index (χ2n) is 3.78. The third-order valence-electron chi connectivity index (χ3n) is 2.43. The number of pyridine rings is 1. The molecule has 0 unspecified atom stereocenters. The lowest BCUT2D eigenvalue weighted by atomic mass is 10.2. The molecule has 0 saturated carbocycles. The number of nitrogens with zero attached hydrogens (tertiary/aromatic N) is 1. The number of nitrogen functional groups attached to an aromatic ring is 1. The van der Waals surface area contributed by atoms with Gasteiger partial charge in [0.15, 0.2) is 0 Å².